The summed E-state index contributed by atoms with van der Waals surface area (Å²) in [5, 5.41) is 27.9. The summed E-state index contributed by atoms with van der Waals surface area (Å²) in [6, 6.07) is 16.7. The number of aliphatic hydroxyl groups excluding tert-OH is 2. The van der Waals surface area contributed by atoms with Crippen LogP contribution < -0.4 is 15.4 Å². The SMILES string of the molecule is COc1ccc(CC(=O)Nc2nc3c(s2)C[C@@H]2[C@](C)(CO)[C@H](O)CC[C@@]2(C)[C@@H]3CC(=O)Nc2ccccc2)cc1. The largest absolute Gasteiger partial charge is 0.497 e. The van der Waals surface area contributed by atoms with E-state index < -0.39 is 11.5 Å². The fourth-order valence-electron chi connectivity index (χ4n) is 6.71. The number of amides is 2. The lowest BCUT2D eigenvalue weighted by atomic mass is 9.47. The molecule has 0 radical (unpaired) electrons. The molecule has 4 N–H and O–H groups in total. The van der Waals surface area contributed by atoms with E-state index in [0.29, 0.717) is 24.4 Å². The lowest BCUT2D eigenvalue weighted by molar-refractivity contribution is -0.143. The van der Waals surface area contributed by atoms with Crippen LogP contribution in [0.1, 0.15) is 55.2 Å². The Balaban J connectivity index is 1.43. The third-order valence-corrected chi connectivity index (χ3v) is 10.1. The molecule has 2 aliphatic rings. The van der Waals surface area contributed by atoms with Gasteiger partial charge in [-0.05, 0) is 60.4 Å². The number of aromatic nitrogens is 1. The topological polar surface area (TPSA) is 121 Å². The smallest absolute Gasteiger partial charge is 0.230 e. The zero-order chi connectivity index (χ0) is 28.5. The molecule has 3 aromatic rings. The van der Waals surface area contributed by atoms with Crippen molar-refractivity contribution in [2.24, 2.45) is 16.7 Å². The summed E-state index contributed by atoms with van der Waals surface area (Å²) in [6.07, 6.45) is 1.68. The van der Waals surface area contributed by atoms with E-state index in [1.54, 1.807) is 7.11 Å². The van der Waals surface area contributed by atoms with Crippen molar-refractivity contribution in [2.75, 3.05) is 24.4 Å². The van der Waals surface area contributed by atoms with Crippen molar-refractivity contribution in [2.45, 2.75) is 58.0 Å². The summed E-state index contributed by atoms with van der Waals surface area (Å²) in [6.45, 7) is 3.98. The molecule has 0 saturated heterocycles. The van der Waals surface area contributed by atoms with Gasteiger partial charge in [-0.15, -0.1) is 11.3 Å². The predicted octanol–water partition coefficient (Wildman–Crippen LogP) is 4.78. The lowest BCUT2D eigenvalue weighted by Crippen LogP contribution is -2.57. The number of thiazole rings is 1. The molecule has 212 valence electrons. The quantitative estimate of drug-likeness (QED) is 0.313. The predicted molar refractivity (Wildman–Crippen MR) is 156 cm³/mol. The third-order valence-electron chi connectivity index (χ3n) is 9.11. The van der Waals surface area contributed by atoms with Gasteiger partial charge in [0.2, 0.25) is 11.8 Å². The van der Waals surface area contributed by atoms with E-state index in [0.717, 1.165) is 27.6 Å². The van der Waals surface area contributed by atoms with Crippen LogP contribution in [0.15, 0.2) is 54.6 Å². The zero-order valence-electron chi connectivity index (χ0n) is 23.1. The number of carbonyl (C=O) groups is 2. The maximum absolute atomic E-state index is 13.3. The molecule has 1 aromatic heterocycles. The third kappa shape index (κ3) is 5.38. The Labute approximate surface area is 238 Å². The standard InChI is InChI=1S/C31H37N3O5S/c1-30-14-13-25(36)31(2,18-35)24(30)17-23-28(22(30)16-27(38)32-20-7-5-4-6-8-20)34-29(40-23)33-26(37)15-19-9-11-21(39-3)12-10-19/h4-12,22,24-25,35-36H,13-18H2,1-3H3,(H,32,38)(H,33,34,37)/t22-,24+,25-,30+,31+/m1/s1. The first-order chi connectivity index (χ1) is 19.2. The molecule has 1 fully saturated rings. The van der Waals surface area contributed by atoms with Crippen LogP contribution in [0.5, 0.6) is 5.75 Å². The van der Waals surface area contributed by atoms with Crippen molar-refractivity contribution in [3.05, 3.63) is 70.7 Å². The number of aliphatic hydroxyl groups is 2. The van der Waals surface area contributed by atoms with E-state index in [2.05, 4.69) is 17.6 Å². The van der Waals surface area contributed by atoms with Crippen LogP contribution in [0.3, 0.4) is 0 Å². The molecular weight excluding hydrogens is 526 g/mol. The number of benzene rings is 2. The van der Waals surface area contributed by atoms with Crippen molar-refractivity contribution in [1.29, 1.82) is 0 Å². The van der Waals surface area contributed by atoms with Crippen LogP contribution in [0, 0.1) is 16.7 Å². The molecule has 1 heterocycles. The van der Waals surface area contributed by atoms with Crippen molar-refractivity contribution >= 4 is 34.0 Å². The molecule has 0 unspecified atom stereocenters. The van der Waals surface area contributed by atoms with E-state index >= 15 is 0 Å². The summed E-state index contributed by atoms with van der Waals surface area (Å²) in [5.41, 5.74) is 1.36. The van der Waals surface area contributed by atoms with E-state index in [1.165, 1.54) is 11.3 Å². The van der Waals surface area contributed by atoms with Gasteiger partial charge in [0.25, 0.3) is 0 Å². The van der Waals surface area contributed by atoms with Crippen LogP contribution in [0.25, 0.3) is 0 Å². The van der Waals surface area contributed by atoms with E-state index in [4.69, 9.17) is 9.72 Å². The first-order valence-electron chi connectivity index (χ1n) is 13.7. The molecule has 0 spiro atoms. The highest BCUT2D eigenvalue weighted by Crippen LogP contribution is 2.62. The van der Waals surface area contributed by atoms with Crippen LogP contribution in [-0.2, 0) is 22.4 Å². The van der Waals surface area contributed by atoms with Gasteiger partial charge < -0.3 is 25.6 Å². The van der Waals surface area contributed by atoms with E-state index in [1.807, 2.05) is 61.5 Å². The minimum absolute atomic E-state index is 0.0564. The monoisotopic (exact) mass is 563 g/mol. The fourth-order valence-corrected chi connectivity index (χ4v) is 7.80. The van der Waals surface area contributed by atoms with Gasteiger partial charge in [0.15, 0.2) is 5.13 Å². The van der Waals surface area contributed by atoms with Gasteiger partial charge in [0, 0.05) is 28.3 Å². The van der Waals surface area contributed by atoms with Gasteiger partial charge in [-0.3, -0.25) is 9.59 Å². The average molecular weight is 564 g/mol. The van der Waals surface area contributed by atoms with Gasteiger partial charge in [0.1, 0.15) is 5.75 Å². The van der Waals surface area contributed by atoms with Gasteiger partial charge in [-0.1, -0.05) is 44.2 Å². The van der Waals surface area contributed by atoms with E-state index in [9.17, 15) is 19.8 Å². The molecule has 0 aliphatic heterocycles. The minimum Gasteiger partial charge on any atom is -0.497 e. The van der Waals surface area contributed by atoms with Gasteiger partial charge in [-0.2, -0.15) is 0 Å². The summed E-state index contributed by atoms with van der Waals surface area (Å²) >= 11 is 1.42. The maximum Gasteiger partial charge on any atom is 0.230 e. The highest BCUT2D eigenvalue weighted by Gasteiger charge is 2.59. The van der Waals surface area contributed by atoms with Crippen molar-refractivity contribution < 1.29 is 24.5 Å². The number of nitrogens with zero attached hydrogens (tertiary/aromatic N) is 1. The molecule has 2 aromatic carbocycles. The number of hydrogen-bond donors (Lipinski definition) is 4. The number of methoxy groups -OCH3 is 1. The molecular formula is C31H37N3O5S. The zero-order valence-corrected chi connectivity index (χ0v) is 24.0. The average Bonchev–Trinajstić information content (AvgIpc) is 3.35. The Kier molecular flexibility index (Phi) is 7.99. The number of carbonyl (C=O) groups excluding carboxylic acids is 2. The number of ether oxygens (including phenoxy) is 1. The number of hydrogen-bond acceptors (Lipinski definition) is 7. The second kappa shape index (κ2) is 11.3. The Morgan fingerprint density at radius 3 is 2.48 bits per heavy atom. The Morgan fingerprint density at radius 2 is 1.80 bits per heavy atom. The summed E-state index contributed by atoms with van der Waals surface area (Å²) in [4.78, 5) is 32.1. The number of anilines is 2. The molecule has 1 saturated carbocycles. The first kappa shape index (κ1) is 28.3. The number of rotatable bonds is 8. The van der Waals surface area contributed by atoms with Crippen molar-refractivity contribution in [3.8, 4) is 5.75 Å². The first-order valence-corrected chi connectivity index (χ1v) is 14.5. The normalized spacial score (nSPS) is 27.3. The Morgan fingerprint density at radius 1 is 1.07 bits per heavy atom. The second-order valence-electron chi connectivity index (χ2n) is 11.6. The van der Waals surface area contributed by atoms with Crippen LogP contribution in [-0.4, -0.2) is 46.8 Å². The number of nitrogens with one attached hydrogen (secondary N) is 2. The van der Waals surface area contributed by atoms with Crippen LogP contribution >= 0.6 is 11.3 Å². The highest BCUT2D eigenvalue weighted by atomic mass is 32.1. The summed E-state index contributed by atoms with van der Waals surface area (Å²) in [7, 11) is 1.60. The van der Waals surface area contributed by atoms with Gasteiger partial charge in [-0.25, -0.2) is 4.98 Å². The van der Waals surface area contributed by atoms with Crippen LogP contribution in [0.4, 0.5) is 10.8 Å². The molecule has 8 nitrogen and oxygen atoms in total. The van der Waals surface area contributed by atoms with Crippen LogP contribution in [0.2, 0.25) is 0 Å². The Bertz CT molecular complexity index is 1360. The van der Waals surface area contributed by atoms with Crippen molar-refractivity contribution in [3.63, 3.8) is 0 Å². The summed E-state index contributed by atoms with van der Waals surface area (Å²) in [5.74, 6) is 0.160. The van der Waals surface area contributed by atoms with E-state index in [-0.39, 0.29) is 48.5 Å². The summed E-state index contributed by atoms with van der Waals surface area (Å²) < 4.78 is 5.20. The van der Waals surface area contributed by atoms with Crippen molar-refractivity contribution in [1.82, 2.24) is 4.98 Å². The van der Waals surface area contributed by atoms with Gasteiger partial charge in [0.05, 0.1) is 31.9 Å². The second-order valence-corrected chi connectivity index (χ2v) is 12.6. The fraction of sp³-hybridized carbons (Fsp3) is 0.452. The molecule has 9 heteroatoms. The van der Waals surface area contributed by atoms with Gasteiger partial charge >= 0.3 is 0 Å². The molecule has 2 amide bonds. The Hall–Kier alpha value is -3.27. The number of fused-ring (bicyclic) bond motifs is 2. The molecule has 5 atom stereocenters. The molecule has 0 bridgehead atoms. The highest BCUT2D eigenvalue weighted by molar-refractivity contribution is 7.15. The molecule has 2 aliphatic carbocycles. The molecule has 5 rings (SSSR count). The maximum atomic E-state index is 13.3. The molecule has 40 heavy (non-hydrogen) atoms. The minimum atomic E-state index is -0.708. The lowest BCUT2D eigenvalue weighted by Gasteiger charge is -2.58. The number of para-hydroxylation sites is 1.